The number of thioether (sulfide) groups is 1. The molecule has 0 aliphatic carbocycles. The van der Waals surface area contributed by atoms with Gasteiger partial charge in [-0.1, -0.05) is 97.3 Å². The average Bonchev–Trinajstić information content (AvgIpc) is 3.50. The number of fused-ring (bicyclic) bond motifs is 2. The van der Waals surface area contributed by atoms with Gasteiger partial charge in [-0.15, -0.1) is 0 Å². The molecule has 0 spiro atoms. The largest absolute Gasteiger partial charge is 0.463 e. The van der Waals surface area contributed by atoms with E-state index in [4.69, 9.17) is 27.9 Å². The number of carbonyl (C=O) groups excluding carboxylic acids is 2. The van der Waals surface area contributed by atoms with Crippen LogP contribution in [0.4, 0.5) is 0 Å². The van der Waals surface area contributed by atoms with E-state index < -0.39 is 12.0 Å². The Morgan fingerprint density at radius 3 is 2.52 bits per heavy atom. The van der Waals surface area contributed by atoms with Crippen LogP contribution in [0.2, 0.25) is 10.0 Å². The van der Waals surface area contributed by atoms with Gasteiger partial charge in [0, 0.05) is 34.9 Å². The molecule has 1 fully saturated rings. The van der Waals surface area contributed by atoms with E-state index in [0.717, 1.165) is 27.6 Å². The maximum atomic E-state index is 14.2. The van der Waals surface area contributed by atoms with E-state index in [1.807, 2.05) is 49.4 Å². The third-order valence-electron chi connectivity index (χ3n) is 8.09. The predicted octanol–water partition coefficient (Wildman–Crippen LogP) is 8.50. The molecule has 1 N–H and O–H groups in total. The van der Waals surface area contributed by atoms with Crippen molar-refractivity contribution in [2.45, 2.75) is 51.7 Å². The minimum Gasteiger partial charge on any atom is -0.463 e. The van der Waals surface area contributed by atoms with E-state index in [1.165, 1.54) is 17.3 Å². The number of amides is 1. The third-order valence-corrected chi connectivity index (χ3v) is 9.94. The zero-order chi connectivity index (χ0) is 31.1. The van der Waals surface area contributed by atoms with Crippen molar-refractivity contribution in [2.75, 3.05) is 6.61 Å². The summed E-state index contributed by atoms with van der Waals surface area (Å²) in [7, 11) is 0. The van der Waals surface area contributed by atoms with Gasteiger partial charge in [-0.05, 0) is 60.7 Å². The normalized spacial score (nSPS) is 19.2. The van der Waals surface area contributed by atoms with Crippen LogP contribution in [0.5, 0.6) is 0 Å². The van der Waals surface area contributed by atoms with Crippen LogP contribution in [-0.4, -0.2) is 33.4 Å². The molecule has 6 nitrogen and oxygen atoms in total. The first-order valence-electron chi connectivity index (χ1n) is 14.6. The molecule has 1 amide bonds. The van der Waals surface area contributed by atoms with Crippen LogP contribution in [0, 0.1) is 0 Å². The Morgan fingerprint density at radius 2 is 1.82 bits per heavy atom. The molecule has 2 unspecified atom stereocenters. The van der Waals surface area contributed by atoms with Gasteiger partial charge in [-0.2, -0.15) is 0 Å². The third kappa shape index (κ3) is 5.65. The molecule has 226 valence electrons. The Hall–Kier alpha value is -3.65. The van der Waals surface area contributed by atoms with E-state index in [-0.39, 0.29) is 18.0 Å². The fraction of sp³-hybridized carbons (Fsp3) is 0.257. The quantitative estimate of drug-likeness (QED) is 0.161. The van der Waals surface area contributed by atoms with E-state index >= 15 is 0 Å². The standard InChI is InChI=1S/C35H33Cl2N3O3S/c1-5-43-34(42)31-21(4)38-35-40(32(31)24-13-11-23(12-14-24)20(2)3)33(41)30(44-35)17-25-19-39(29-9-7-6-8-26(25)29)18-22-10-15-27(36)28(37)16-22/h6-17,19-20,32,35,38H,5,18H2,1-4H3. The number of allylic oxidation sites excluding steroid dienone is 1. The SMILES string of the molecule is CCOC(=O)C1=C(C)NC2SC(=Cc3cn(Cc4ccc(Cl)c(Cl)c4)c4ccccc34)C(=O)N2C1c1ccc(C(C)C)cc1. The summed E-state index contributed by atoms with van der Waals surface area (Å²) in [6.07, 6.45) is 4.02. The van der Waals surface area contributed by atoms with Crippen molar-refractivity contribution in [1.29, 1.82) is 0 Å². The van der Waals surface area contributed by atoms with Crippen LogP contribution in [0.25, 0.3) is 17.0 Å². The smallest absolute Gasteiger partial charge is 0.338 e. The molecule has 2 aliphatic heterocycles. The molecule has 4 aromatic rings. The van der Waals surface area contributed by atoms with Crippen molar-refractivity contribution in [3.05, 3.63) is 121 Å². The second-order valence-corrected chi connectivity index (χ2v) is 13.2. The fourth-order valence-electron chi connectivity index (χ4n) is 5.88. The van der Waals surface area contributed by atoms with Crippen LogP contribution in [0.1, 0.15) is 61.9 Å². The molecule has 0 radical (unpaired) electrons. The minimum absolute atomic E-state index is 0.138. The number of nitrogens with one attached hydrogen (secondary N) is 1. The molecule has 3 aromatic carbocycles. The number of para-hydroxylation sites is 1. The van der Waals surface area contributed by atoms with Gasteiger partial charge in [-0.25, -0.2) is 4.79 Å². The lowest BCUT2D eigenvalue weighted by atomic mass is 9.91. The molecule has 9 heteroatoms. The van der Waals surface area contributed by atoms with Gasteiger partial charge in [0.05, 0.1) is 33.2 Å². The Balaban J connectivity index is 1.39. The van der Waals surface area contributed by atoms with Crippen LogP contribution in [-0.2, 0) is 20.9 Å². The van der Waals surface area contributed by atoms with Crippen LogP contribution >= 0.6 is 35.0 Å². The molecule has 2 aliphatic rings. The van der Waals surface area contributed by atoms with Crippen molar-refractivity contribution >= 4 is 63.8 Å². The first kappa shape index (κ1) is 30.4. The van der Waals surface area contributed by atoms with Gasteiger partial charge in [0.2, 0.25) is 0 Å². The first-order chi connectivity index (χ1) is 21.2. The number of hydrogen-bond acceptors (Lipinski definition) is 5. The Bertz CT molecular complexity index is 1830. The average molecular weight is 647 g/mol. The zero-order valence-corrected chi connectivity index (χ0v) is 27.3. The second-order valence-electron chi connectivity index (χ2n) is 11.3. The molecule has 0 saturated carbocycles. The second kappa shape index (κ2) is 12.4. The van der Waals surface area contributed by atoms with E-state index in [9.17, 15) is 9.59 Å². The lowest BCUT2D eigenvalue weighted by Gasteiger charge is -2.39. The minimum atomic E-state index is -0.580. The van der Waals surface area contributed by atoms with Crippen molar-refractivity contribution in [3.63, 3.8) is 0 Å². The summed E-state index contributed by atoms with van der Waals surface area (Å²) in [5.74, 6) is -0.195. The van der Waals surface area contributed by atoms with Gasteiger partial charge < -0.3 is 14.6 Å². The predicted molar refractivity (Wildman–Crippen MR) is 179 cm³/mol. The number of halogens is 2. The monoisotopic (exact) mass is 645 g/mol. The summed E-state index contributed by atoms with van der Waals surface area (Å²) >= 11 is 13.9. The molecule has 1 saturated heterocycles. The van der Waals surface area contributed by atoms with E-state index in [0.29, 0.717) is 38.7 Å². The van der Waals surface area contributed by atoms with Crippen LogP contribution in [0.15, 0.2) is 89.1 Å². The number of benzene rings is 3. The van der Waals surface area contributed by atoms with Gasteiger partial charge in [-0.3, -0.25) is 9.69 Å². The number of ether oxygens (including phenoxy) is 1. The molecule has 6 rings (SSSR count). The highest BCUT2D eigenvalue weighted by atomic mass is 35.5. The van der Waals surface area contributed by atoms with Gasteiger partial charge in [0.1, 0.15) is 0 Å². The van der Waals surface area contributed by atoms with Crippen molar-refractivity contribution in [2.24, 2.45) is 0 Å². The topological polar surface area (TPSA) is 63.6 Å². The van der Waals surface area contributed by atoms with Crippen molar-refractivity contribution < 1.29 is 14.3 Å². The maximum absolute atomic E-state index is 14.2. The molecule has 44 heavy (non-hydrogen) atoms. The molecule has 0 bridgehead atoms. The zero-order valence-electron chi connectivity index (χ0n) is 24.9. The van der Waals surface area contributed by atoms with E-state index in [2.05, 4.69) is 54.2 Å². The molecular weight excluding hydrogens is 613 g/mol. The molecule has 1 aromatic heterocycles. The van der Waals surface area contributed by atoms with Gasteiger partial charge >= 0.3 is 5.97 Å². The Morgan fingerprint density at radius 1 is 1.07 bits per heavy atom. The van der Waals surface area contributed by atoms with E-state index in [1.54, 1.807) is 17.9 Å². The summed E-state index contributed by atoms with van der Waals surface area (Å²) in [5, 5.41) is 5.47. The molecule has 3 heterocycles. The van der Waals surface area contributed by atoms with Crippen molar-refractivity contribution in [1.82, 2.24) is 14.8 Å². The maximum Gasteiger partial charge on any atom is 0.338 e. The Kier molecular flexibility index (Phi) is 8.55. The van der Waals surface area contributed by atoms with Crippen LogP contribution in [0.3, 0.4) is 0 Å². The first-order valence-corrected chi connectivity index (χ1v) is 16.3. The summed E-state index contributed by atoms with van der Waals surface area (Å²) in [5.41, 5.74) is 5.86. The highest BCUT2D eigenvalue weighted by molar-refractivity contribution is 8.05. The highest BCUT2D eigenvalue weighted by Gasteiger charge is 2.48. The lowest BCUT2D eigenvalue weighted by Crippen LogP contribution is -2.49. The van der Waals surface area contributed by atoms with Crippen LogP contribution < -0.4 is 5.32 Å². The van der Waals surface area contributed by atoms with Gasteiger partial charge in [0.15, 0.2) is 5.50 Å². The molecular formula is C35H33Cl2N3O3S. The summed E-state index contributed by atoms with van der Waals surface area (Å²) in [6.45, 7) is 8.79. The lowest BCUT2D eigenvalue weighted by molar-refractivity contribution is -0.140. The number of rotatable bonds is 7. The Labute approximate surface area is 271 Å². The number of nitrogens with zero attached hydrogens (tertiary/aromatic N) is 2. The number of aromatic nitrogens is 1. The van der Waals surface area contributed by atoms with Gasteiger partial charge in [0.25, 0.3) is 5.91 Å². The number of carbonyl (C=O) groups is 2. The number of esters is 1. The highest BCUT2D eigenvalue weighted by Crippen LogP contribution is 2.47. The number of hydrogen-bond donors (Lipinski definition) is 1. The van der Waals surface area contributed by atoms with Crippen molar-refractivity contribution in [3.8, 4) is 0 Å². The summed E-state index contributed by atoms with van der Waals surface area (Å²) in [4.78, 5) is 29.9. The summed E-state index contributed by atoms with van der Waals surface area (Å²) in [6, 6.07) is 21.4. The fourth-order valence-corrected chi connectivity index (χ4v) is 7.41. The molecule has 2 atom stereocenters. The summed E-state index contributed by atoms with van der Waals surface area (Å²) < 4.78 is 7.62.